The maximum atomic E-state index is 12.4. The van der Waals surface area contributed by atoms with Crippen LogP contribution in [0, 0.1) is 17.0 Å². The molecule has 2 rings (SSSR count). The Balaban J connectivity index is 2.35. The molecule has 0 fully saturated rings. The lowest BCUT2D eigenvalue weighted by molar-refractivity contribution is -0.385. The smallest absolute Gasteiger partial charge is 0.339 e. The van der Waals surface area contributed by atoms with E-state index >= 15 is 0 Å². The summed E-state index contributed by atoms with van der Waals surface area (Å²) in [5, 5.41) is 10.8. The molecule has 0 amide bonds. The van der Waals surface area contributed by atoms with Crippen molar-refractivity contribution in [2.75, 3.05) is 0 Å². The van der Waals surface area contributed by atoms with Gasteiger partial charge in [0.05, 0.1) is 4.92 Å². The van der Waals surface area contributed by atoms with Crippen molar-refractivity contribution < 1.29 is 17.5 Å². The number of hydrogen-bond acceptors (Lipinski definition) is 5. The number of rotatable bonds is 5. The van der Waals surface area contributed by atoms with Crippen LogP contribution in [0.15, 0.2) is 47.4 Å². The first kappa shape index (κ1) is 17.0. The molecule has 0 N–H and O–H groups in total. The molecule has 2 aromatic carbocycles. The van der Waals surface area contributed by atoms with Crippen molar-refractivity contribution >= 4 is 15.8 Å². The average Bonchev–Trinajstić information content (AvgIpc) is 2.47. The third-order valence-electron chi connectivity index (χ3n) is 3.40. The van der Waals surface area contributed by atoms with Crippen LogP contribution in [0.25, 0.3) is 0 Å². The van der Waals surface area contributed by atoms with Gasteiger partial charge in [0.25, 0.3) is 5.69 Å². The van der Waals surface area contributed by atoms with E-state index < -0.39 is 15.0 Å². The van der Waals surface area contributed by atoms with Gasteiger partial charge in [0.15, 0.2) is 0 Å². The van der Waals surface area contributed by atoms with Gasteiger partial charge in [-0.15, -0.1) is 0 Å². The van der Waals surface area contributed by atoms with Gasteiger partial charge in [-0.25, -0.2) is 0 Å². The third-order valence-corrected chi connectivity index (χ3v) is 4.79. The minimum absolute atomic E-state index is 0.167. The van der Waals surface area contributed by atoms with Crippen LogP contribution < -0.4 is 4.18 Å². The third kappa shape index (κ3) is 3.87. The van der Waals surface area contributed by atoms with E-state index in [-0.39, 0.29) is 16.3 Å². The Labute approximate surface area is 135 Å². The number of aryl methyl sites for hydroxylation is 1. The predicted molar refractivity (Wildman–Crippen MR) is 86.2 cm³/mol. The zero-order chi connectivity index (χ0) is 17.2. The van der Waals surface area contributed by atoms with E-state index in [9.17, 15) is 18.5 Å². The second kappa shape index (κ2) is 6.37. The van der Waals surface area contributed by atoms with Crippen LogP contribution in [0.2, 0.25) is 0 Å². The fraction of sp³-hybridized carbons (Fsp3) is 0.250. The van der Waals surface area contributed by atoms with Crippen LogP contribution in [0.4, 0.5) is 5.69 Å². The van der Waals surface area contributed by atoms with Crippen LogP contribution in [0.1, 0.15) is 30.9 Å². The molecule has 2 aromatic rings. The van der Waals surface area contributed by atoms with Crippen LogP contribution in [0.3, 0.4) is 0 Å². The summed E-state index contributed by atoms with van der Waals surface area (Å²) in [5.41, 5.74) is 1.14. The molecule has 0 bridgehead atoms. The summed E-state index contributed by atoms with van der Waals surface area (Å²) in [6.45, 7) is 5.61. The zero-order valence-electron chi connectivity index (χ0n) is 13.0. The van der Waals surface area contributed by atoms with Crippen molar-refractivity contribution in [1.29, 1.82) is 0 Å². The molecule has 0 aromatic heterocycles. The van der Waals surface area contributed by atoms with Gasteiger partial charge >= 0.3 is 10.1 Å². The predicted octanol–water partition coefficient (Wildman–Crippen LogP) is 3.79. The topological polar surface area (TPSA) is 86.5 Å². The molecule has 0 aliphatic carbocycles. The van der Waals surface area contributed by atoms with Gasteiger partial charge in [-0.1, -0.05) is 32.0 Å². The van der Waals surface area contributed by atoms with E-state index in [4.69, 9.17) is 4.18 Å². The van der Waals surface area contributed by atoms with Gasteiger partial charge in [-0.2, -0.15) is 8.42 Å². The number of nitro benzene ring substituents is 1. The summed E-state index contributed by atoms with van der Waals surface area (Å²) < 4.78 is 29.8. The molecule has 0 atom stereocenters. The standard InChI is InChI=1S/C16H17NO5S/c1-11(2)13-5-8-15(9-6-13)22-23(20,21)16-10-14(17(18)19)7-4-12(16)3/h4-11H,1-3H3. The van der Waals surface area contributed by atoms with Crippen molar-refractivity contribution in [3.63, 3.8) is 0 Å². The second-order valence-corrected chi connectivity index (χ2v) is 6.98. The van der Waals surface area contributed by atoms with Crippen LogP contribution in [-0.4, -0.2) is 13.3 Å². The fourth-order valence-corrected chi connectivity index (χ4v) is 3.23. The maximum absolute atomic E-state index is 12.4. The minimum Gasteiger partial charge on any atom is -0.379 e. The van der Waals surface area contributed by atoms with E-state index in [1.807, 2.05) is 13.8 Å². The molecule has 0 unspecified atom stereocenters. The van der Waals surface area contributed by atoms with Crippen molar-refractivity contribution in [1.82, 2.24) is 0 Å². The second-order valence-electron chi connectivity index (χ2n) is 5.47. The Kier molecular flexibility index (Phi) is 4.70. The molecule has 122 valence electrons. The van der Waals surface area contributed by atoms with Crippen molar-refractivity contribution in [2.24, 2.45) is 0 Å². The Hall–Kier alpha value is -2.41. The van der Waals surface area contributed by atoms with Gasteiger partial charge in [0, 0.05) is 12.1 Å². The SMILES string of the molecule is Cc1ccc([N+](=O)[O-])cc1S(=O)(=O)Oc1ccc(C(C)C)cc1. The molecule has 0 aliphatic rings. The molecule has 0 aliphatic heterocycles. The van der Waals surface area contributed by atoms with Crippen LogP contribution in [-0.2, 0) is 10.1 Å². The van der Waals surface area contributed by atoms with Crippen molar-refractivity contribution in [2.45, 2.75) is 31.6 Å². The largest absolute Gasteiger partial charge is 0.379 e. The lowest BCUT2D eigenvalue weighted by Gasteiger charge is -2.10. The summed E-state index contributed by atoms with van der Waals surface area (Å²) in [5.74, 6) is 0.486. The molecule has 0 saturated carbocycles. The summed E-state index contributed by atoms with van der Waals surface area (Å²) in [4.78, 5) is 9.97. The highest BCUT2D eigenvalue weighted by atomic mass is 32.2. The zero-order valence-corrected chi connectivity index (χ0v) is 13.8. The van der Waals surface area contributed by atoms with Crippen LogP contribution in [0.5, 0.6) is 5.75 Å². The highest BCUT2D eigenvalue weighted by Gasteiger charge is 2.22. The van der Waals surface area contributed by atoms with Gasteiger partial charge in [-0.05, 0) is 36.1 Å². The molecule has 7 heteroatoms. The van der Waals surface area contributed by atoms with E-state index in [2.05, 4.69) is 0 Å². The molecule has 23 heavy (non-hydrogen) atoms. The summed E-state index contributed by atoms with van der Waals surface area (Å²) in [7, 11) is -4.14. The van der Waals surface area contributed by atoms with E-state index in [0.29, 0.717) is 11.5 Å². The Bertz CT molecular complexity index is 826. The Morgan fingerprint density at radius 2 is 1.70 bits per heavy atom. The van der Waals surface area contributed by atoms with E-state index in [1.54, 1.807) is 31.2 Å². The number of nitrogens with zero attached hydrogens (tertiary/aromatic N) is 1. The average molecular weight is 335 g/mol. The molecule has 0 saturated heterocycles. The first-order chi connectivity index (χ1) is 10.7. The van der Waals surface area contributed by atoms with E-state index in [0.717, 1.165) is 11.6 Å². The first-order valence-corrected chi connectivity index (χ1v) is 8.41. The molecular weight excluding hydrogens is 318 g/mol. The maximum Gasteiger partial charge on any atom is 0.339 e. The van der Waals surface area contributed by atoms with Crippen molar-refractivity contribution in [3.8, 4) is 5.75 Å². The van der Waals surface area contributed by atoms with Crippen LogP contribution >= 0.6 is 0 Å². The number of non-ortho nitro benzene ring substituents is 1. The fourth-order valence-electron chi connectivity index (χ4n) is 2.05. The van der Waals surface area contributed by atoms with Gasteiger partial charge in [-0.3, -0.25) is 10.1 Å². The Morgan fingerprint density at radius 1 is 1.09 bits per heavy atom. The van der Waals surface area contributed by atoms with Gasteiger partial charge in [0.2, 0.25) is 0 Å². The summed E-state index contributed by atoms with van der Waals surface area (Å²) >= 11 is 0. The molecular formula is C16H17NO5S. The normalized spacial score (nSPS) is 11.5. The number of nitro groups is 1. The van der Waals surface area contributed by atoms with Gasteiger partial charge < -0.3 is 4.18 Å². The molecule has 0 radical (unpaired) electrons. The monoisotopic (exact) mass is 335 g/mol. The van der Waals surface area contributed by atoms with Gasteiger partial charge in [0.1, 0.15) is 10.6 Å². The lowest BCUT2D eigenvalue weighted by Crippen LogP contribution is -2.11. The highest BCUT2D eigenvalue weighted by molar-refractivity contribution is 7.87. The highest BCUT2D eigenvalue weighted by Crippen LogP contribution is 2.26. The quantitative estimate of drug-likeness (QED) is 0.471. The Morgan fingerprint density at radius 3 is 2.22 bits per heavy atom. The molecule has 6 nitrogen and oxygen atoms in total. The molecule has 0 spiro atoms. The lowest BCUT2D eigenvalue weighted by atomic mass is 10.0. The first-order valence-electron chi connectivity index (χ1n) is 7.00. The van der Waals surface area contributed by atoms with Crippen molar-refractivity contribution in [3.05, 3.63) is 63.7 Å². The number of hydrogen-bond donors (Lipinski definition) is 0. The summed E-state index contributed by atoms with van der Waals surface area (Å²) in [6.07, 6.45) is 0. The number of benzene rings is 2. The minimum atomic E-state index is -4.14. The molecule has 0 heterocycles. The van der Waals surface area contributed by atoms with E-state index in [1.165, 1.54) is 12.1 Å². The summed E-state index contributed by atoms with van der Waals surface area (Å²) in [6, 6.07) is 10.4.